The normalized spacial score (nSPS) is 11.3. The first-order valence-corrected chi connectivity index (χ1v) is 9.23. The average Bonchev–Trinajstić information content (AvgIpc) is 2.52. The molecule has 0 aliphatic heterocycles. The first-order chi connectivity index (χ1) is 11.3. The Morgan fingerprint density at radius 2 is 1.75 bits per heavy atom. The van der Waals surface area contributed by atoms with Gasteiger partial charge in [0, 0.05) is 6.54 Å². The molecule has 5 nitrogen and oxygen atoms in total. The van der Waals surface area contributed by atoms with Gasteiger partial charge in [0.15, 0.2) is 0 Å². The van der Waals surface area contributed by atoms with E-state index in [0.717, 1.165) is 0 Å². The molecule has 130 valence electrons. The van der Waals surface area contributed by atoms with Gasteiger partial charge in [-0.05, 0) is 49.2 Å². The van der Waals surface area contributed by atoms with E-state index in [1.54, 1.807) is 57.4 Å². The van der Waals surface area contributed by atoms with Crippen LogP contribution in [0.2, 0.25) is 5.02 Å². The number of para-hydroxylation sites is 1. The van der Waals surface area contributed by atoms with Crippen molar-refractivity contribution in [2.75, 3.05) is 20.3 Å². The molecule has 0 heterocycles. The van der Waals surface area contributed by atoms with E-state index in [0.29, 0.717) is 27.6 Å². The van der Waals surface area contributed by atoms with Gasteiger partial charge in [-0.1, -0.05) is 23.7 Å². The van der Waals surface area contributed by atoms with Gasteiger partial charge in [0.1, 0.15) is 18.1 Å². The van der Waals surface area contributed by atoms with E-state index in [9.17, 15) is 8.42 Å². The molecule has 0 aliphatic carbocycles. The third-order valence-electron chi connectivity index (χ3n) is 3.43. The van der Waals surface area contributed by atoms with Crippen LogP contribution in [0.1, 0.15) is 11.1 Å². The largest absolute Gasteiger partial charge is 0.497 e. The summed E-state index contributed by atoms with van der Waals surface area (Å²) in [7, 11) is -2.08. The number of aryl methyl sites for hydroxylation is 2. The number of hydrogen-bond donors (Lipinski definition) is 1. The van der Waals surface area contributed by atoms with E-state index in [2.05, 4.69) is 4.72 Å². The Kier molecular flexibility index (Phi) is 6.10. The molecule has 0 spiro atoms. The highest BCUT2D eigenvalue weighted by Crippen LogP contribution is 2.25. The Balaban J connectivity index is 2.03. The number of benzene rings is 2. The Morgan fingerprint density at radius 1 is 1.12 bits per heavy atom. The molecule has 0 radical (unpaired) electrons. The first kappa shape index (κ1) is 18.6. The summed E-state index contributed by atoms with van der Waals surface area (Å²) in [5.74, 6) is 1.15. The molecule has 0 aromatic heterocycles. The van der Waals surface area contributed by atoms with Crippen molar-refractivity contribution in [3.8, 4) is 11.5 Å². The fraction of sp³-hybridized carbons (Fsp3) is 0.294. The smallest absolute Gasteiger partial charge is 0.241 e. The molecule has 24 heavy (non-hydrogen) atoms. The van der Waals surface area contributed by atoms with E-state index >= 15 is 0 Å². The van der Waals surface area contributed by atoms with Crippen molar-refractivity contribution in [2.24, 2.45) is 0 Å². The third kappa shape index (κ3) is 4.41. The summed E-state index contributed by atoms with van der Waals surface area (Å²) >= 11 is 5.98. The molecule has 2 aromatic rings. The minimum Gasteiger partial charge on any atom is -0.497 e. The van der Waals surface area contributed by atoms with Crippen LogP contribution in [0.3, 0.4) is 0 Å². The standard InChI is InChI=1S/C17H20ClNO4S/c1-12-10-14(22-3)11-13(2)17(12)24(20,21)19-8-9-23-16-7-5-4-6-15(16)18/h4-7,10-11,19H,8-9H2,1-3H3. The van der Waals surface area contributed by atoms with Crippen molar-refractivity contribution in [1.29, 1.82) is 0 Å². The number of methoxy groups -OCH3 is 1. The fourth-order valence-corrected chi connectivity index (χ4v) is 4.08. The van der Waals surface area contributed by atoms with E-state index in [4.69, 9.17) is 21.1 Å². The molecule has 0 saturated carbocycles. The predicted octanol–water partition coefficient (Wildman–Crippen LogP) is 3.32. The zero-order valence-corrected chi connectivity index (χ0v) is 15.4. The second kappa shape index (κ2) is 7.88. The van der Waals surface area contributed by atoms with Gasteiger partial charge in [-0.15, -0.1) is 0 Å². The summed E-state index contributed by atoms with van der Waals surface area (Å²) in [6, 6.07) is 10.4. The molecule has 0 atom stereocenters. The molecule has 0 fully saturated rings. The van der Waals surface area contributed by atoms with Crippen LogP contribution in [0, 0.1) is 13.8 Å². The van der Waals surface area contributed by atoms with Crippen molar-refractivity contribution in [3.63, 3.8) is 0 Å². The number of ether oxygens (including phenoxy) is 2. The van der Waals surface area contributed by atoms with Gasteiger partial charge in [0.05, 0.1) is 17.0 Å². The van der Waals surface area contributed by atoms with Crippen LogP contribution in [-0.2, 0) is 10.0 Å². The van der Waals surface area contributed by atoms with Crippen molar-refractivity contribution in [2.45, 2.75) is 18.7 Å². The average molecular weight is 370 g/mol. The summed E-state index contributed by atoms with van der Waals surface area (Å²) in [6.07, 6.45) is 0. The van der Waals surface area contributed by atoms with Crippen molar-refractivity contribution in [1.82, 2.24) is 4.72 Å². The molecule has 0 saturated heterocycles. The molecule has 2 rings (SSSR count). The van der Waals surface area contributed by atoms with Crippen LogP contribution < -0.4 is 14.2 Å². The minimum atomic E-state index is -3.63. The van der Waals surface area contributed by atoms with E-state index < -0.39 is 10.0 Å². The fourth-order valence-electron chi connectivity index (χ4n) is 2.42. The number of sulfonamides is 1. The van der Waals surface area contributed by atoms with Crippen LogP contribution >= 0.6 is 11.6 Å². The van der Waals surface area contributed by atoms with Gasteiger partial charge in [-0.2, -0.15) is 0 Å². The Hall–Kier alpha value is -1.76. The van der Waals surface area contributed by atoms with Crippen LogP contribution in [0.15, 0.2) is 41.3 Å². The van der Waals surface area contributed by atoms with Crippen molar-refractivity contribution < 1.29 is 17.9 Å². The summed E-state index contributed by atoms with van der Waals surface area (Å²) in [6.45, 7) is 3.80. The van der Waals surface area contributed by atoms with Crippen LogP contribution in [0.5, 0.6) is 11.5 Å². The highest BCUT2D eigenvalue weighted by Gasteiger charge is 2.20. The lowest BCUT2D eigenvalue weighted by Gasteiger charge is -2.14. The maximum Gasteiger partial charge on any atom is 0.241 e. The predicted molar refractivity (Wildman–Crippen MR) is 94.6 cm³/mol. The van der Waals surface area contributed by atoms with Gasteiger partial charge in [0.25, 0.3) is 0 Å². The number of nitrogens with one attached hydrogen (secondary N) is 1. The molecule has 0 bridgehead atoms. The molecule has 0 unspecified atom stereocenters. The first-order valence-electron chi connectivity index (χ1n) is 7.37. The van der Waals surface area contributed by atoms with Crippen LogP contribution in [0.4, 0.5) is 0 Å². The molecule has 7 heteroatoms. The van der Waals surface area contributed by atoms with Gasteiger partial charge in [-0.25, -0.2) is 13.1 Å². The highest BCUT2D eigenvalue weighted by molar-refractivity contribution is 7.89. The monoisotopic (exact) mass is 369 g/mol. The minimum absolute atomic E-state index is 0.137. The van der Waals surface area contributed by atoms with Crippen molar-refractivity contribution in [3.05, 3.63) is 52.5 Å². The van der Waals surface area contributed by atoms with Crippen LogP contribution in [-0.4, -0.2) is 28.7 Å². The number of halogens is 1. The quantitative estimate of drug-likeness (QED) is 0.760. The lowest BCUT2D eigenvalue weighted by Crippen LogP contribution is -2.29. The third-order valence-corrected chi connectivity index (χ3v) is 5.50. The second-order valence-corrected chi connectivity index (χ2v) is 7.38. The van der Waals surface area contributed by atoms with Gasteiger partial charge in [-0.3, -0.25) is 0 Å². The number of rotatable bonds is 7. The topological polar surface area (TPSA) is 64.6 Å². The second-order valence-electron chi connectivity index (χ2n) is 5.27. The molecule has 0 amide bonds. The maximum absolute atomic E-state index is 12.5. The summed E-state index contributed by atoms with van der Waals surface area (Å²) < 4.78 is 38.2. The molecular weight excluding hydrogens is 350 g/mol. The van der Waals surface area contributed by atoms with Gasteiger partial charge < -0.3 is 9.47 Å². The molecule has 2 aromatic carbocycles. The highest BCUT2D eigenvalue weighted by atomic mass is 35.5. The van der Waals surface area contributed by atoms with Gasteiger partial charge in [0.2, 0.25) is 10.0 Å². The Morgan fingerprint density at radius 3 is 2.33 bits per heavy atom. The van der Waals surface area contributed by atoms with E-state index in [1.807, 2.05) is 0 Å². The number of hydrogen-bond acceptors (Lipinski definition) is 4. The molecule has 1 N–H and O–H groups in total. The van der Waals surface area contributed by atoms with Crippen LogP contribution in [0.25, 0.3) is 0 Å². The van der Waals surface area contributed by atoms with Crippen molar-refractivity contribution >= 4 is 21.6 Å². The zero-order valence-electron chi connectivity index (χ0n) is 13.8. The SMILES string of the molecule is COc1cc(C)c(S(=O)(=O)NCCOc2ccccc2Cl)c(C)c1. The summed E-state index contributed by atoms with van der Waals surface area (Å²) in [5.41, 5.74) is 1.26. The van der Waals surface area contributed by atoms with E-state index in [1.165, 1.54) is 0 Å². The summed E-state index contributed by atoms with van der Waals surface area (Å²) in [4.78, 5) is 0.265. The Labute approximate surface area is 147 Å². The van der Waals surface area contributed by atoms with Gasteiger partial charge >= 0.3 is 0 Å². The van der Waals surface area contributed by atoms with E-state index in [-0.39, 0.29) is 18.0 Å². The maximum atomic E-state index is 12.5. The summed E-state index contributed by atoms with van der Waals surface area (Å²) in [5, 5.41) is 0.488. The lowest BCUT2D eigenvalue weighted by atomic mass is 10.1. The molecular formula is C17H20ClNO4S. The zero-order chi connectivity index (χ0) is 17.7. The lowest BCUT2D eigenvalue weighted by molar-refractivity contribution is 0.323. The Bertz CT molecular complexity index is 798. The molecule has 0 aliphatic rings.